The fourth-order valence-electron chi connectivity index (χ4n) is 2.09. The summed E-state index contributed by atoms with van der Waals surface area (Å²) in [5, 5.41) is 6.28. The molecule has 1 unspecified atom stereocenters. The van der Waals surface area contributed by atoms with E-state index in [9.17, 15) is 4.79 Å². The van der Waals surface area contributed by atoms with Crippen LogP contribution in [0.1, 0.15) is 49.8 Å². The van der Waals surface area contributed by atoms with Crippen molar-refractivity contribution in [2.45, 2.75) is 39.3 Å². The lowest BCUT2D eigenvalue weighted by atomic mass is 10.1. The summed E-state index contributed by atoms with van der Waals surface area (Å²) in [5.41, 5.74) is 2.26. The molecule has 2 rings (SSSR count). The maximum absolute atomic E-state index is 12.0. The lowest BCUT2D eigenvalue weighted by molar-refractivity contribution is 0.0914. The molecule has 0 radical (unpaired) electrons. The molecule has 0 bridgehead atoms. The molecule has 1 heterocycles. The minimum atomic E-state index is -0.266. The molecule has 0 spiro atoms. The van der Waals surface area contributed by atoms with Crippen LogP contribution >= 0.6 is 0 Å². The number of anilines is 1. The van der Waals surface area contributed by atoms with Crippen molar-refractivity contribution in [3.63, 3.8) is 0 Å². The van der Waals surface area contributed by atoms with Crippen LogP contribution in [0.3, 0.4) is 0 Å². The monoisotopic (exact) mass is 297 g/mol. The first-order chi connectivity index (χ1) is 10.3. The van der Waals surface area contributed by atoms with Gasteiger partial charge >= 0.3 is 0 Å². The zero-order valence-electron chi connectivity index (χ0n) is 13.6. The second-order valence-corrected chi connectivity index (χ2v) is 6.41. The molecule has 0 aliphatic carbocycles. The van der Waals surface area contributed by atoms with Crippen molar-refractivity contribution in [3.05, 3.63) is 59.9 Å². The van der Waals surface area contributed by atoms with Crippen LogP contribution in [0.15, 0.2) is 48.7 Å². The molecule has 4 heteroatoms. The van der Waals surface area contributed by atoms with Crippen molar-refractivity contribution in [1.82, 2.24) is 10.3 Å². The number of carbonyl (C=O) groups is 1. The molecule has 1 aromatic heterocycles. The third-order valence-corrected chi connectivity index (χ3v) is 3.17. The summed E-state index contributed by atoms with van der Waals surface area (Å²) in [6.07, 6.45) is 1.69. The minimum absolute atomic E-state index is 0.157. The molecule has 116 valence electrons. The van der Waals surface area contributed by atoms with Gasteiger partial charge in [-0.05, 0) is 45.4 Å². The Kier molecular flexibility index (Phi) is 4.81. The van der Waals surface area contributed by atoms with E-state index < -0.39 is 0 Å². The van der Waals surface area contributed by atoms with Gasteiger partial charge in [-0.25, -0.2) is 4.98 Å². The molecule has 1 amide bonds. The maximum Gasteiger partial charge on any atom is 0.270 e. The summed E-state index contributed by atoms with van der Waals surface area (Å²) in [6, 6.07) is 14.0. The number of carbonyl (C=O) groups excluding carboxylic acids is 1. The average molecular weight is 297 g/mol. The van der Waals surface area contributed by atoms with Gasteiger partial charge in [0.15, 0.2) is 0 Å². The summed E-state index contributed by atoms with van der Waals surface area (Å²) in [5.74, 6) is -0.157. The molecule has 4 nitrogen and oxygen atoms in total. The highest BCUT2D eigenvalue weighted by molar-refractivity contribution is 5.92. The molecule has 0 saturated heterocycles. The standard InChI is InChI=1S/C18H23N3O/c1-13(14-8-6-5-7-9-14)20-15-10-11-16(19-12-15)17(22)21-18(2,3)4/h5-13,20H,1-4H3,(H,21,22). The number of amides is 1. The Bertz CT molecular complexity index is 615. The van der Waals surface area contributed by atoms with Crippen LogP contribution in [0.2, 0.25) is 0 Å². The van der Waals surface area contributed by atoms with Gasteiger partial charge < -0.3 is 10.6 Å². The molecule has 2 aromatic rings. The van der Waals surface area contributed by atoms with Crippen LogP contribution in [0, 0.1) is 0 Å². The van der Waals surface area contributed by atoms with E-state index in [1.807, 2.05) is 45.0 Å². The van der Waals surface area contributed by atoms with Crippen molar-refractivity contribution in [2.75, 3.05) is 5.32 Å². The van der Waals surface area contributed by atoms with Crippen LogP contribution in [-0.2, 0) is 0 Å². The van der Waals surface area contributed by atoms with Crippen LogP contribution < -0.4 is 10.6 Å². The predicted molar refractivity (Wildman–Crippen MR) is 89.9 cm³/mol. The molecule has 0 fully saturated rings. The number of hydrogen-bond donors (Lipinski definition) is 2. The van der Waals surface area contributed by atoms with Crippen molar-refractivity contribution in [3.8, 4) is 0 Å². The summed E-state index contributed by atoms with van der Waals surface area (Å²) < 4.78 is 0. The molecule has 22 heavy (non-hydrogen) atoms. The van der Waals surface area contributed by atoms with E-state index in [4.69, 9.17) is 0 Å². The Labute approximate surface area is 132 Å². The average Bonchev–Trinajstić information content (AvgIpc) is 2.47. The van der Waals surface area contributed by atoms with E-state index >= 15 is 0 Å². The summed E-state index contributed by atoms with van der Waals surface area (Å²) >= 11 is 0. The Balaban J connectivity index is 2.02. The number of benzene rings is 1. The van der Waals surface area contributed by atoms with E-state index in [1.165, 1.54) is 5.56 Å². The predicted octanol–water partition coefficient (Wildman–Crippen LogP) is 3.78. The van der Waals surface area contributed by atoms with Gasteiger partial charge in [-0.1, -0.05) is 30.3 Å². The molecular weight excluding hydrogens is 274 g/mol. The smallest absolute Gasteiger partial charge is 0.270 e. The highest BCUT2D eigenvalue weighted by Crippen LogP contribution is 2.18. The first-order valence-corrected chi connectivity index (χ1v) is 7.45. The van der Waals surface area contributed by atoms with Crippen LogP contribution in [0.5, 0.6) is 0 Å². The van der Waals surface area contributed by atoms with Gasteiger partial charge in [0.25, 0.3) is 5.91 Å². The summed E-state index contributed by atoms with van der Waals surface area (Å²) in [4.78, 5) is 16.3. The lowest BCUT2D eigenvalue weighted by Gasteiger charge is -2.20. The Morgan fingerprint density at radius 1 is 1.09 bits per heavy atom. The topological polar surface area (TPSA) is 54.0 Å². The fraction of sp³-hybridized carbons (Fsp3) is 0.333. The SMILES string of the molecule is CC(Nc1ccc(C(=O)NC(C)(C)C)nc1)c1ccccc1. The Hall–Kier alpha value is -2.36. The Morgan fingerprint density at radius 3 is 2.32 bits per heavy atom. The van der Waals surface area contributed by atoms with Gasteiger partial charge in [0.2, 0.25) is 0 Å². The van der Waals surface area contributed by atoms with Crippen LogP contribution in [-0.4, -0.2) is 16.4 Å². The van der Waals surface area contributed by atoms with E-state index in [-0.39, 0.29) is 17.5 Å². The third-order valence-electron chi connectivity index (χ3n) is 3.17. The first kappa shape index (κ1) is 16.0. The first-order valence-electron chi connectivity index (χ1n) is 7.45. The van der Waals surface area contributed by atoms with Gasteiger partial charge in [0.1, 0.15) is 5.69 Å². The number of hydrogen-bond acceptors (Lipinski definition) is 3. The molecule has 1 atom stereocenters. The largest absolute Gasteiger partial charge is 0.377 e. The second kappa shape index (κ2) is 6.60. The molecule has 0 aliphatic rings. The van der Waals surface area contributed by atoms with Crippen LogP contribution in [0.25, 0.3) is 0 Å². The summed E-state index contributed by atoms with van der Waals surface area (Å²) in [6.45, 7) is 7.93. The number of nitrogens with one attached hydrogen (secondary N) is 2. The summed E-state index contributed by atoms with van der Waals surface area (Å²) in [7, 11) is 0. The van der Waals surface area contributed by atoms with Gasteiger partial charge in [-0.15, -0.1) is 0 Å². The molecule has 0 aliphatic heterocycles. The van der Waals surface area contributed by atoms with E-state index in [0.29, 0.717) is 5.69 Å². The maximum atomic E-state index is 12.0. The fourth-order valence-corrected chi connectivity index (χ4v) is 2.09. The van der Waals surface area contributed by atoms with Crippen molar-refractivity contribution < 1.29 is 4.79 Å². The minimum Gasteiger partial charge on any atom is -0.377 e. The van der Waals surface area contributed by atoms with Crippen molar-refractivity contribution >= 4 is 11.6 Å². The number of rotatable bonds is 4. The second-order valence-electron chi connectivity index (χ2n) is 6.41. The normalized spacial score (nSPS) is 12.5. The van der Waals surface area contributed by atoms with Gasteiger partial charge in [-0.3, -0.25) is 4.79 Å². The molecule has 2 N–H and O–H groups in total. The zero-order valence-corrected chi connectivity index (χ0v) is 13.6. The third kappa shape index (κ3) is 4.58. The van der Waals surface area contributed by atoms with E-state index in [1.54, 1.807) is 12.3 Å². The highest BCUT2D eigenvalue weighted by atomic mass is 16.2. The van der Waals surface area contributed by atoms with E-state index in [0.717, 1.165) is 5.69 Å². The number of nitrogens with zero attached hydrogens (tertiary/aromatic N) is 1. The van der Waals surface area contributed by atoms with E-state index in [2.05, 4.69) is 34.7 Å². The van der Waals surface area contributed by atoms with Crippen molar-refractivity contribution in [2.24, 2.45) is 0 Å². The highest BCUT2D eigenvalue weighted by Gasteiger charge is 2.16. The molecule has 0 saturated carbocycles. The van der Waals surface area contributed by atoms with Gasteiger partial charge in [-0.2, -0.15) is 0 Å². The molecule has 1 aromatic carbocycles. The van der Waals surface area contributed by atoms with Crippen molar-refractivity contribution in [1.29, 1.82) is 0 Å². The number of pyridine rings is 1. The quantitative estimate of drug-likeness (QED) is 0.903. The lowest BCUT2D eigenvalue weighted by Crippen LogP contribution is -2.40. The Morgan fingerprint density at radius 2 is 1.77 bits per heavy atom. The number of aromatic nitrogens is 1. The molecular formula is C18H23N3O. The zero-order chi connectivity index (χ0) is 16.2. The van der Waals surface area contributed by atoms with Crippen LogP contribution in [0.4, 0.5) is 5.69 Å². The van der Waals surface area contributed by atoms with Gasteiger partial charge in [0.05, 0.1) is 11.9 Å². The van der Waals surface area contributed by atoms with Gasteiger partial charge in [0, 0.05) is 11.6 Å².